The number of fused-ring (bicyclic) bond motifs is 1. The zero-order valence-corrected chi connectivity index (χ0v) is 13.1. The summed E-state index contributed by atoms with van der Waals surface area (Å²) in [5.74, 6) is 0.877. The molecule has 2 nitrogen and oxygen atoms in total. The van der Waals surface area contributed by atoms with Gasteiger partial charge in [-0.25, -0.2) is 0 Å². The van der Waals surface area contributed by atoms with Crippen LogP contribution < -0.4 is 10.6 Å². The van der Waals surface area contributed by atoms with Gasteiger partial charge in [0.2, 0.25) is 0 Å². The van der Waals surface area contributed by atoms with Crippen LogP contribution in [-0.2, 0) is 0 Å². The van der Waals surface area contributed by atoms with Crippen molar-refractivity contribution in [1.82, 2.24) is 0 Å². The molecule has 20 heavy (non-hydrogen) atoms. The Balaban J connectivity index is 1.87. The molecule has 3 atom stereocenters. The fraction of sp³-hybridized carbons (Fsp3) is 0.647. The summed E-state index contributed by atoms with van der Waals surface area (Å²) in [5.41, 5.74) is 8.28. The average Bonchev–Trinajstić information content (AvgIpc) is 2.46. The van der Waals surface area contributed by atoms with Gasteiger partial charge in [0.1, 0.15) is 0 Å². The number of nitrogens with zero attached hydrogens (tertiary/aromatic N) is 1. The van der Waals surface area contributed by atoms with E-state index in [9.17, 15) is 0 Å². The van der Waals surface area contributed by atoms with Crippen molar-refractivity contribution in [2.24, 2.45) is 11.7 Å². The first-order valence-corrected chi connectivity index (χ1v) is 8.36. The Hall–Kier alpha value is -0.730. The fourth-order valence-electron chi connectivity index (χ4n) is 3.96. The van der Waals surface area contributed by atoms with Gasteiger partial charge in [-0.2, -0.15) is 0 Å². The van der Waals surface area contributed by atoms with Crippen LogP contribution in [0.2, 0.25) is 5.02 Å². The molecule has 1 aliphatic carbocycles. The van der Waals surface area contributed by atoms with E-state index in [0.717, 1.165) is 23.0 Å². The second-order valence-corrected chi connectivity index (χ2v) is 6.85. The number of halogens is 1. The van der Waals surface area contributed by atoms with Gasteiger partial charge in [0.15, 0.2) is 0 Å². The molecule has 1 aliphatic heterocycles. The molecule has 0 bridgehead atoms. The predicted molar refractivity (Wildman–Crippen MR) is 86.4 cm³/mol. The number of hydrogen-bond acceptors (Lipinski definition) is 2. The molecule has 2 fully saturated rings. The topological polar surface area (TPSA) is 29.3 Å². The lowest BCUT2D eigenvalue weighted by Crippen LogP contribution is -2.47. The maximum absolute atomic E-state index is 6.54. The molecule has 110 valence electrons. The van der Waals surface area contributed by atoms with E-state index < -0.39 is 0 Å². The minimum absolute atomic E-state index is 0.0466. The van der Waals surface area contributed by atoms with Crippen molar-refractivity contribution in [2.75, 3.05) is 11.4 Å². The van der Waals surface area contributed by atoms with Crippen molar-refractivity contribution in [1.29, 1.82) is 0 Å². The minimum atomic E-state index is 0.0466. The third-order valence-electron chi connectivity index (χ3n) is 5.05. The van der Waals surface area contributed by atoms with Crippen LogP contribution in [0.4, 0.5) is 5.69 Å². The SMILES string of the molecule is CC(N)c1ccc(N2CCCC3CCCCC32)c(Cl)c1. The van der Waals surface area contributed by atoms with Gasteiger partial charge in [0.05, 0.1) is 10.7 Å². The quantitative estimate of drug-likeness (QED) is 0.868. The predicted octanol–water partition coefficient (Wildman–Crippen LogP) is 4.52. The Labute approximate surface area is 127 Å². The van der Waals surface area contributed by atoms with Crippen molar-refractivity contribution >= 4 is 17.3 Å². The Kier molecular flexibility index (Phi) is 4.23. The van der Waals surface area contributed by atoms with Crippen molar-refractivity contribution in [3.63, 3.8) is 0 Å². The number of nitrogens with two attached hydrogens (primary N) is 1. The summed E-state index contributed by atoms with van der Waals surface area (Å²) in [5, 5.41) is 0.867. The maximum atomic E-state index is 6.54. The summed E-state index contributed by atoms with van der Waals surface area (Å²) < 4.78 is 0. The molecule has 3 rings (SSSR count). The standard InChI is InChI=1S/C17H25ClN2/c1-12(19)14-8-9-17(15(18)11-14)20-10-4-6-13-5-2-3-7-16(13)20/h8-9,11-13,16H,2-7,10,19H2,1H3. The third kappa shape index (κ3) is 2.68. The zero-order valence-electron chi connectivity index (χ0n) is 12.3. The van der Waals surface area contributed by atoms with Crippen molar-refractivity contribution < 1.29 is 0 Å². The van der Waals surface area contributed by atoms with Crippen LogP contribution in [0.3, 0.4) is 0 Å². The molecule has 0 aromatic heterocycles. The molecule has 3 unspecified atom stereocenters. The van der Waals surface area contributed by atoms with E-state index in [4.69, 9.17) is 17.3 Å². The number of benzene rings is 1. The van der Waals surface area contributed by atoms with E-state index in [2.05, 4.69) is 17.0 Å². The summed E-state index contributed by atoms with van der Waals surface area (Å²) in [7, 11) is 0. The van der Waals surface area contributed by atoms with Crippen LogP contribution in [0.15, 0.2) is 18.2 Å². The second-order valence-electron chi connectivity index (χ2n) is 6.45. The molecule has 1 aromatic rings. The van der Waals surface area contributed by atoms with Crippen LogP contribution in [-0.4, -0.2) is 12.6 Å². The number of hydrogen-bond donors (Lipinski definition) is 1. The highest BCUT2D eigenvalue weighted by atomic mass is 35.5. The number of anilines is 1. The molecule has 0 radical (unpaired) electrons. The van der Waals surface area contributed by atoms with Gasteiger partial charge < -0.3 is 10.6 Å². The number of piperidine rings is 1. The largest absolute Gasteiger partial charge is 0.367 e. The first-order valence-electron chi connectivity index (χ1n) is 7.98. The highest BCUT2D eigenvalue weighted by Crippen LogP contribution is 2.40. The molecule has 1 aromatic carbocycles. The summed E-state index contributed by atoms with van der Waals surface area (Å²) in [6.07, 6.45) is 8.20. The maximum Gasteiger partial charge on any atom is 0.0642 e. The molecule has 3 heteroatoms. The summed E-state index contributed by atoms with van der Waals surface area (Å²) in [6, 6.07) is 7.12. The van der Waals surface area contributed by atoms with E-state index in [0.29, 0.717) is 6.04 Å². The number of rotatable bonds is 2. The van der Waals surface area contributed by atoms with E-state index in [1.54, 1.807) is 0 Å². The van der Waals surface area contributed by atoms with Crippen LogP contribution in [0.1, 0.15) is 57.1 Å². The van der Waals surface area contributed by atoms with E-state index >= 15 is 0 Å². The average molecular weight is 293 g/mol. The molecule has 1 saturated carbocycles. The molecule has 0 amide bonds. The van der Waals surface area contributed by atoms with Crippen LogP contribution in [0.5, 0.6) is 0 Å². The van der Waals surface area contributed by atoms with Crippen molar-refractivity contribution in [3.8, 4) is 0 Å². The van der Waals surface area contributed by atoms with E-state index in [1.165, 1.54) is 44.2 Å². The van der Waals surface area contributed by atoms with E-state index in [-0.39, 0.29) is 6.04 Å². The third-order valence-corrected chi connectivity index (χ3v) is 5.35. The fourth-order valence-corrected chi connectivity index (χ4v) is 4.26. The van der Waals surface area contributed by atoms with Gasteiger partial charge in [-0.1, -0.05) is 30.5 Å². The lowest BCUT2D eigenvalue weighted by Gasteiger charge is -2.45. The van der Waals surface area contributed by atoms with Gasteiger partial charge in [-0.3, -0.25) is 0 Å². The van der Waals surface area contributed by atoms with Crippen molar-refractivity contribution in [2.45, 2.75) is 57.5 Å². The first kappa shape index (κ1) is 14.2. The highest BCUT2D eigenvalue weighted by molar-refractivity contribution is 6.33. The molecule has 2 aliphatic rings. The van der Waals surface area contributed by atoms with Crippen LogP contribution in [0, 0.1) is 5.92 Å². The Morgan fingerprint density at radius 3 is 2.70 bits per heavy atom. The molecule has 1 saturated heterocycles. The molecule has 1 heterocycles. The minimum Gasteiger partial charge on any atom is -0.367 e. The van der Waals surface area contributed by atoms with Gasteiger partial charge in [-0.15, -0.1) is 0 Å². The lowest BCUT2D eigenvalue weighted by atomic mass is 9.78. The van der Waals surface area contributed by atoms with Crippen LogP contribution >= 0.6 is 11.6 Å². The Bertz CT molecular complexity index is 470. The summed E-state index contributed by atoms with van der Waals surface area (Å²) >= 11 is 6.54. The highest BCUT2D eigenvalue weighted by Gasteiger charge is 2.33. The molecular formula is C17H25ClN2. The first-order chi connectivity index (χ1) is 9.66. The summed E-state index contributed by atoms with van der Waals surface area (Å²) in [6.45, 7) is 3.15. The van der Waals surface area contributed by atoms with Crippen molar-refractivity contribution in [3.05, 3.63) is 28.8 Å². The molecule has 0 spiro atoms. The Morgan fingerprint density at radius 2 is 1.95 bits per heavy atom. The Morgan fingerprint density at radius 1 is 1.20 bits per heavy atom. The molecular weight excluding hydrogens is 268 g/mol. The molecule has 2 N–H and O–H groups in total. The zero-order chi connectivity index (χ0) is 14.1. The monoisotopic (exact) mass is 292 g/mol. The van der Waals surface area contributed by atoms with E-state index in [1.807, 2.05) is 13.0 Å². The smallest absolute Gasteiger partial charge is 0.0642 e. The van der Waals surface area contributed by atoms with Crippen LogP contribution in [0.25, 0.3) is 0 Å². The van der Waals surface area contributed by atoms with Gasteiger partial charge in [0.25, 0.3) is 0 Å². The van der Waals surface area contributed by atoms with Gasteiger partial charge >= 0.3 is 0 Å². The van der Waals surface area contributed by atoms with Gasteiger partial charge in [0, 0.05) is 18.6 Å². The normalized spacial score (nSPS) is 28.1. The lowest BCUT2D eigenvalue weighted by molar-refractivity contribution is 0.244. The second kappa shape index (κ2) is 5.95. The van der Waals surface area contributed by atoms with Gasteiger partial charge in [-0.05, 0) is 56.2 Å². The summed E-state index contributed by atoms with van der Waals surface area (Å²) in [4.78, 5) is 2.57.